The van der Waals surface area contributed by atoms with Crippen molar-refractivity contribution in [2.24, 2.45) is 7.05 Å². The maximum atomic E-state index is 12.7. The van der Waals surface area contributed by atoms with Gasteiger partial charge in [0, 0.05) is 24.2 Å². The first-order valence-corrected chi connectivity index (χ1v) is 8.49. The Bertz CT molecular complexity index is 1110. The van der Waals surface area contributed by atoms with Gasteiger partial charge in [-0.05, 0) is 42.5 Å². The number of rotatable bonds is 4. The molecule has 0 radical (unpaired) electrons. The molecule has 2 aromatic heterocycles. The molecular formula is C21H18N4O2. The van der Waals surface area contributed by atoms with Crippen LogP contribution in [-0.4, -0.2) is 27.8 Å². The van der Waals surface area contributed by atoms with Crippen molar-refractivity contribution in [2.45, 2.75) is 0 Å². The van der Waals surface area contributed by atoms with E-state index >= 15 is 0 Å². The summed E-state index contributed by atoms with van der Waals surface area (Å²) in [5.74, 6) is 0.505. The van der Waals surface area contributed by atoms with Gasteiger partial charge in [0.05, 0.1) is 24.0 Å². The highest BCUT2D eigenvalue weighted by molar-refractivity contribution is 6.07. The second kappa shape index (κ2) is 6.92. The third-order valence-corrected chi connectivity index (χ3v) is 4.38. The number of fused-ring (bicyclic) bond motifs is 1. The fourth-order valence-corrected chi connectivity index (χ4v) is 3.00. The third-order valence-electron chi connectivity index (χ3n) is 4.38. The van der Waals surface area contributed by atoms with Gasteiger partial charge in [-0.25, -0.2) is 0 Å². The number of aromatic nitrogens is 3. The number of nitrogens with one attached hydrogen (secondary N) is 1. The minimum atomic E-state index is -0.275. The topological polar surface area (TPSA) is 69.0 Å². The molecule has 0 bridgehead atoms. The minimum Gasteiger partial charge on any atom is -0.497 e. The molecule has 27 heavy (non-hydrogen) atoms. The number of nitrogens with zero attached hydrogens (tertiary/aromatic N) is 3. The zero-order chi connectivity index (χ0) is 18.8. The smallest absolute Gasteiger partial charge is 0.276 e. The molecule has 4 rings (SSSR count). The second-order valence-electron chi connectivity index (χ2n) is 6.10. The predicted octanol–water partition coefficient (Wildman–Crippen LogP) is 3.90. The number of hydrogen-bond acceptors (Lipinski definition) is 4. The van der Waals surface area contributed by atoms with Gasteiger partial charge in [0.1, 0.15) is 5.75 Å². The molecule has 2 heterocycles. The SMILES string of the molecule is COc1ccc(-c2cc(C(=O)Nc3cccc4cccnc34)nn2C)cc1. The standard InChI is InChI=1S/C21H18N4O2/c1-25-19(14-8-10-16(27-2)11-9-14)13-18(24-25)21(26)23-17-7-3-5-15-6-4-12-22-20(15)17/h3-13H,1-2H3,(H,23,26). The lowest BCUT2D eigenvalue weighted by Gasteiger charge is -2.06. The highest BCUT2D eigenvalue weighted by Crippen LogP contribution is 2.24. The number of anilines is 1. The normalized spacial score (nSPS) is 10.7. The molecule has 0 aliphatic rings. The number of benzene rings is 2. The Hall–Kier alpha value is -3.67. The van der Waals surface area contributed by atoms with Crippen molar-refractivity contribution in [2.75, 3.05) is 12.4 Å². The zero-order valence-corrected chi connectivity index (χ0v) is 15.0. The van der Waals surface area contributed by atoms with Gasteiger partial charge in [-0.1, -0.05) is 18.2 Å². The molecule has 6 nitrogen and oxygen atoms in total. The number of carbonyl (C=O) groups is 1. The largest absolute Gasteiger partial charge is 0.497 e. The van der Waals surface area contributed by atoms with E-state index in [2.05, 4.69) is 15.4 Å². The molecule has 134 valence electrons. The van der Waals surface area contributed by atoms with Crippen LogP contribution in [0.2, 0.25) is 0 Å². The van der Waals surface area contributed by atoms with Crippen molar-refractivity contribution in [3.8, 4) is 17.0 Å². The van der Waals surface area contributed by atoms with E-state index in [9.17, 15) is 4.79 Å². The molecule has 0 saturated heterocycles. The molecule has 1 N–H and O–H groups in total. The van der Waals surface area contributed by atoms with E-state index in [-0.39, 0.29) is 5.91 Å². The van der Waals surface area contributed by atoms with E-state index in [1.807, 2.05) is 61.6 Å². The number of methoxy groups -OCH3 is 1. The van der Waals surface area contributed by atoms with E-state index in [1.54, 1.807) is 24.1 Å². The zero-order valence-electron chi connectivity index (χ0n) is 15.0. The molecule has 0 saturated carbocycles. The van der Waals surface area contributed by atoms with E-state index in [0.717, 1.165) is 27.9 Å². The van der Waals surface area contributed by atoms with E-state index in [0.29, 0.717) is 11.4 Å². The lowest BCUT2D eigenvalue weighted by atomic mass is 10.1. The summed E-state index contributed by atoms with van der Waals surface area (Å²) in [5.41, 5.74) is 3.56. The van der Waals surface area contributed by atoms with E-state index in [1.165, 1.54) is 0 Å². The highest BCUT2D eigenvalue weighted by atomic mass is 16.5. The second-order valence-corrected chi connectivity index (χ2v) is 6.10. The molecule has 0 atom stereocenters. The Labute approximate surface area is 156 Å². The van der Waals surface area contributed by atoms with E-state index in [4.69, 9.17) is 4.74 Å². The number of aryl methyl sites for hydroxylation is 1. The Morgan fingerprint density at radius 2 is 1.85 bits per heavy atom. The van der Waals surface area contributed by atoms with Crippen LogP contribution in [0.5, 0.6) is 5.75 Å². The first kappa shape index (κ1) is 16.8. The van der Waals surface area contributed by atoms with Crippen LogP contribution in [0.1, 0.15) is 10.5 Å². The van der Waals surface area contributed by atoms with Crippen molar-refractivity contribution in [3.05, 3.63) is 72.6 Å². The third kappa shape index (κ3) is 3.25. The quantitative estimate of drug-likeness (QED) is 0.601. The molecule has 6 heteroatoms. The first-order chi connectivity index (χ1) is 13.2. The van der Waals surface area contributed by atoms with Gasteiger partial charge in [-0.2, -0.15) is 5.10 Å². The van der Waals surface area contributed by atoms with Gasteiger partial charge in [-0.15, -0.1) is 0 Å². The van der Waals surface area contributed by atoms with Gasteiger partial charge in [0.15, 0.2) is 5.69 Å². The first-order valence-electron chi connectivity index (χ1n) is 8.49. The fraction of sp³-hybridized carbons (Fsp3) is 0.0952. The van der Waals surface area contributed by atoms with Gasteiger partial charge in [-0.3, -0.25) is 14.5 Å². The summed E-state index contributed by atoms with van der Waals surface area (Å²) in [7, 11) is 3.44. The van der Waals surface area contributed by atoms with Crippen LogP contribution in [0.15, 0.2) is 66.9 Å². The predicted molar refractivity (Wildman–Crippen MR) is 105 cm³/mol. The van der Waals surface area contributed by atoms with Crippen molar-refractivity contribution in [3.63, 3.8) is 0 Å². The van der Waals surface area contributed by atoms with Crippen LogP contribution < -0.4 is 10.1 Å². The van der Waals surface area contributed by atoms with Crippen LogP contribution in [0.4, 0.5) is 5.69 Å². The summed E-state index contributed by atoms with van der Waals surface area (Å²) >= 11 is 0. The van der Waals surface area contributed by atoms with Gasteiger partial charge >= 0.3 is 0 Å². The summed E-state index contributed by atoms with van der Waals surface area (Å²) < 4.78 is 6.88. The molecule has 0 spiro atoms. The van der Waals surface area contributed by atoms with Crippen molar-refractivity contribution < 1.29 is 9.53 Å². The molecule has 0 aliphatic carbocycles. The number of para-hydroxylation sites is 1. The van der Waals surface area contributed by atoms with Gasteiger partial charge in [0.25, 0.3) is 5.91 Å². The van der Waals surface area contributed by atoms with Crippen LogP contribution >= 0.6 is 0 Å². The fourth-order valence-electron chi connectivity index (χ4n) is 3.00. The summed E-state index contributed by atoms with van der Waals surface area (Å²) in [5, 5.41) is 8.24. The summed E-state index contributed by atoms with van der Waals surface area (Å²) in [6.07, 6.45) is 1.71. The summed E-state index contributed by atoms with van der Waals surface area (Å²) in [6.45, 7) is 0. The maximum Gasteiger partial charge on any atom is 0.276 e. The molecular weight excluding hydrogens is 340 g/mol. The van der Waals surface area contributed by atoms with Crippen LogP contribution in [0.3, 0.4) is 0 Å². The number of pyridine rings is 1. The molecule has 0 unspecified atom stereocenters. The maximum absolute atomic E-state index is 12.7. The molecule has 0 aliphatic heterocycles. The number of hydrogen-bond donors (Lipinski definition) is 1. The average molecular weight is 358 g/mol. The summed E-state index contributed by atoms with van der Waals surface area (Å²) in [6, 6.07) is 18.9. The molecule has 4 aromatic rings. The van der Waals surface area contributed by atoms with Gasteiger partial charge < -0.3 is 10.1 Å². The molecule has 1 amide bonds. The summed E-state index contributed by atoms with van der Waals surface area (Å²) in [4.78, 5) is 17.1. The monoisotopic (exact) mass is 358 g/mol. The van der Waals surface area contributed by atoms with Crippen LogP contribution in [-0.2, 0) is 7.05 Å². The van der Waals surface area contributed by atoms with Crippen molar-refractivity contribution >= 4 is 22.5 Å². The Morgan fingerprint density at radius 1 is 1.07 bits per heavy atom. The lowest BCUT2D eigenvalue weighted by molar-refractivity contribution is 0.102. The van der Waals surface area contributed by atoms with Gasteiger partial charge in [0.2, 0.25) is 0 Å². The lowest BCUT2D eigenvalue weighted by Crippen LogP contribution is -2.13. The highest BCUT2D eigenvalue weighted by Gasteiger charge is 2.15. The minimum absolute atomic E-state index is 0.275. The van der Waals surface area contributed by atoms with Crippen molar-refractivity contribution in [1.29, 1.82) is 0 Å². The Morgan fingerprint density at radius 3 is 2.63 bits per heavy atom. The average Bonchev–Trinajstić information content (AvgIpc) is 3.10. The van der Waals surface area contributed by atoms with E-state index < -0.39 is 0 Å². The van der Waals surface area contributed by atoms with Crippen molar-refractivity contribution in [1.82, 2.24) is 14.8 Å². The number of amides is 1. The van der Waals surface area contributed by atoms with Crippen LogP contribution in [0.25, 0.3) is 22.2 Å². The number of carbonyl (C=O) groups excluding carboxylic acids is 1. The molecule has 2 aromatic carbocycles. The Kier molecular flexibility index (Phi) is 4.30. The van der Waals surface area contributed by atoms with Crippen LogP contribution in [0, 0.1) is 0 Å². The molecule has 0 fully saturated rings. The Balaban J connectivity index is 1.62. The number of ether oxygens (including phenoxy) is 1.